The fourth-order valence-corrected chi connectivity index (χ4v) is 7.52. The van der Waals surface area contributed by atoms with Gasteiger partial charge in [0.2, 0.25) is 5.91 Å². The van der Waals surface area contributed by atoms with E-state index in [0.29, 0.717) is 19.6 Å². The minimum atomic E-state index is -0.509. The standard InChI is InChI=1S/C16H24N2O.C16H18O.C13H4.C9H4.2C8H10.C7H16.2C7H4.C6H6.2C4H10O2.C4H10O.C4H10.C3H8.C2H6.24H2/c1-4-11-18(3)12-10-17-16(19)14(2)13-15-8-6-5-7-9-15;1-2-13-17-16(14-9-5-3-6-10-14)15-11-7-4-8-12-15;1-3-5-7-9-11-13-12-10-8-6-4-2;1-3-5-7-9-8-6-4-2;2*1-2-8-6-4-3-5-7-8;3*1-3-5-7-6-4-2;1-2-4-6-5-3-1;1-4(5-2)6-3;1-2-4(6)3-5;1-2-3-4-5;1-4(2)3;1-3-2;1-2;;;;;;;;;;;;;;;;;;;;;;;;/h5-9,14H,3-4,10-13H2,1-2H3;3-12,16H,2,13H2,1H3;1H,2H3;1H,2H3;2*3-7H,2H2,1H3;3-7H2,1-2H3;2*1H,2H3;1-6H;4H,1-3H3;4-6H,2-3H2,1H3;5H,2-4H2,1H3;4H,1-3H3;3H2,1-2H3;1-2H3;24*1H/p+1. The molecule has 0 heterocycles. The molecule has 6 aromatic carbocycles. The van der Waals surface area contributed by atoms with Gasteiger partial charge in [0.15, 0.2) is 12.8 Å². The molecule has 9 heteroatoms. The van der Waals surface area contributed by atoms with Crippen molar-refractivity contribution in [3.05, 3.63) is 216 Å². The number of hydrogen-bond donors (Lipinski definition) is 4. The number of nitrogens with zero attached hydrogens (tertiary/aromatic N) is 1. The van der Waals surface area contributed by atoms with Crippen LogP contribution in [0.3, 0.4) is 0 Å². The van der Waals surface area contributed by atoms with Crippen molar-refractivity contribution in [1.82, 2.24) is 5.32 Å². The molecule has 726 valence electrons. The molecule has 0 spiro atoms. The number of nitrogens with one attached hydrogen (secondary N) is 1. The van der Waals surface area contributed by atoms with Gasteiger partial charge in [-0.3, -0.25) is 4.79 Å². The second-order valence-corrected chi connectivity index (χ2v) is 25.8. The Morgan fingerprint density at radius 3 is 0.921 bits per heavy atom. The fraction of sp³-hybridized carbons (Fsp3) is 0.407. The summed E-state index contributed by atoms with van der Waals surface area (Å²) in [7, 11) is 3.21. The number of aliphatic hydroxyl groups is 3. The van der Waals surface area contributed by atoms with Crippen LogP contribution in [0.1, 0.15) is 284 Å². The zero-order valence-corrected chi connectivity index (χ0v) is 81.9. The molecule has 0 aromatic heterocycles. The maximum atomic E-state index is 11.9. The smallest absolute Gasteiger partial charge is 0.223 e. The average Bonchev–Trinajstić information content (AvgIpc) is 0.852. The maximum Gasteiger partial charge on any atom is 0.223 e. The molecule has 6 rings (SSSR count). The van der Waals surface area contributed by atoms with Crippen LogP contribution in [0.2, 0.25) is 0 Å². The van der Waals surface area contributed by atoms with Crippen LogP contribution in [0.15, 0.2) is 188 Å². The molecule has 0 aliphatic heterocycles. The van der Waals surface area contributed by atoms with E-state index in [2.05, 4.69) is 380 Å². The topological polar surface area (TPSA) is 120 Å². The van der Waals surface area contributed by atoms with E-state index < -0.39 is 6.10 Å². The molecule has 0 fully saturated rings. The number of rotatable bonds is 25. The van der Waals surface area contributed by atoms with Gasteiger partial charge in [-0.05, 0) is 249 Å². The predicted octanol–water partition coefficient (Wildman–Crippen LogP) is 29.2. The monoisotopic (exact) mass is 1760 g/mol. The molecule has 127 heavy (non-hydrogen) atoms. The molecule has 9 nitrogen and oxygen atoms in total. The zero-order chi connectivity index (χ0) is 97.6. The van der Waals surface area contributed by atoms with E-state index in [-0.39, 0.29) is 65.1 Å². The highest BCUT2D eigenvalue weighted by molar-refractivity contribution is 5.78. The molecule has 0 saturated carbocycles. The molecule has 0 radical (unpaired) electrons. The molecule has 2 unspecified atom stereocenters. The number of aryl methyl sites for hydroxylation is 2. The van der Waals surface area contributed by atoms with Crippen LogP contribution in [-0.2, 0) is 38.3 Å². The molecule has 4 N–H and O–H groups in total. The van der Waals surface area contributed by atoms with Gasteiger partial charge >= 0.3 is 0 Å². The summed E-state index contributed by atoms with van der Waals surface area (Å²) in [5.74, 6) is 68.9. The summed E-state index contributed by atoms with van der Waals surface area (Å²) in [5.41, 5.74) is 6.45. The van der Waals surface area contributed by atoms with Gasteiger partial charge in [0.25, 0.3) is 0 Å². The molecule has 0 aliphatic rings. The summed E-state index contributed by atoms with van der Waals surface area (Å²) < 4.78 is 17.3. The third-order valence-electron chi connectivity index (χ3n) is 13.8. The number of terminal acetylenes is 4. The Morgan fingerprint density at radius 2 is 0.701 bits per heavy atom. The van der Waals surface area contributed by atoms with E-state index in [9.17, 15) is 4.79 Å². The van der Waals surface area contributed by atoms with E-state index in [4.69, 9.17) is 45.7 Å². The Morgan fingerprint density at radius 1 is 0.417 bits per heavy atom. The van der Waals surface area contributed by atoms with Gasteiger partial charge in [-0.1, -0.05) is 367 Å². The summed E-state index contributed by atoms with van der Waals surface area (Å²) in [5, 5.41) is 27.5. The lowest BCUT2D eigenvalue weighted by atomic mass is 10.0. The number of carbonyl (C=O) groups is 1. The van der Waals surface area contributed by atoms with Crippen molar-refractivity contribution in [3.8, 4) is 191 Å². The first-order valence-corrected chi connectivity index (χ1v) is 43.8. The fourth-order valence-electron chi connectivity index (χ4n) is 7.52. The number of methoxy groups -OCH3 is 2. The Hall–Kier alpha value is -12.8. The lowest BCUT2D eigenvalue weighted by Gasteiger charge is -2.18. The second kappa shape index (κ2) is 126. The van der Waals surface area contributed by atoms with Crippen LogP contribution in [0, 0.1) is 203 Å². The van der Waals surface area contributed by atoms with Gasteiger partial charge in [-0.2, -0.15) is 0 Å². The number of amides is 1. The van der Waals surface area contributed by atoms with E-state index >= 15 is 0 Å². The van der Waals surface area contributed by atoms with E-state index in [1.54, 1.807) is 41.9 Å². The van der Waals surface area contributed by atoms with Gasteiger partial charge in [0, 0.05) is 74.0 Å². The van der Waals surface area contributed by atoms with Crippen molar-refractivity contribution in [2.24, 2.45) is 11.8 Å². The van der Waals surface area contributed by atoms with Crippen LogP contribution in [0.5, 0.6) is 0 Å². The molecular weight excluding hydrogens is 1560 g/mol. The van der Waals surface area contributed by atoms with Gasteiger partial charge in [-0.15, -0.1) is 25.7 Å². The van der Waals surface area contributed by atoms with Crippen LogP contribution in [0.25, 0.3) is 0 Å². The molecule has 6 aromatic rings. The van der Waals surface area contributed by atoms with Gasteiger partial charge < -0.3 is 34.8 Å². The first kappa shape index (κ1) is 135. The molecule has 0 bridgehead atoms. The van der Waals surface area contributed by atoms with Gasteiger partial charge in [0.05, 0.1) is 19.3 Å². The van der Waals surface area contributed by atoms with Crippen molar-refractivity contribution in [3.63, 3.8) is 0 Å². The van der Waals surface area contributed by atoms with Crippen molar-refractivity contribution >= 4 is 12.6 Å². The molecule has 0 aliphatic carbocycles. The van der Waals surface area contributed by atoms with Crippen molar-refractivity contribution < 1.29 is 73.1 Å². The minimum Gasteiger partial charge on any atom is -0.396 e. The molecular formula is C118H203N2O7+. The van der Waals surface area contributed by atoms with Crippen LogP contribution >= 0.6 is 0 Å². The first-order chi connectivity index (χ1) is 61.7. The highest BCUT2D eigenvalue weighted by Gasteiger charge is 2.15. The number of carbonyl (C=O) groups excluding carboxylic acids is 1. The van der Waals surface area contributed by atoms with Crippen molar-refractivity contribution in [2.75, 3.05) is 53.7 Å². The predicted molar refractivity (Wildman–Crippen MR) is 602 cm³/mol. The van der Waals surface area contributed by atoms with Gasteiger partial charge in [0.1, 0.15) is 19.4 Å². The Balaban J connectivity index is -0.0000000306. The Kier molecular flexibility index (Phi) is 134. The Bertz CT molecular complexity index is 4370. The number of hydrogen-bond acceptors (Lipinski definition) is 7. The third kappa shape index (κ3) is 129. The lowest BCUT2D eigenvalue weighted by molar-refractivity contribution is -0.517. The summed E-state index contributed by atoms with van der Waals surface area (Å²) in [6.45, 7) is 49.7. The van der Waals surface area contributed by atoms with E-state index in [0.717, 1.165) is 70.6 Å². The second-order valence-electron chi connectivity index (χ2n) is 25.8. The van der Waals surface area contributed by atoms with Crippen LogP contribution in [0.4, 0.5) is 0 Å². The van der Waals surface area contributed by atoms with E-state index in [1.165, 1.54) is 66.3 Å². The average molecular weight is 1760 g/mol. The highest BCUT2D eigenvalue weighted by atomic mass is 16.7. The quantitative estimate of drug-likeness (QED) is 0.0148. The van der Waals surface area contributed by atoms with Crippen molar-refractivity contribution in [2.45, 2.75) is 254 Å². The summed E-state index contributed by atoms with van der Waals surface area (Å²) in [6.07, 6.45) is 34.8. The lowest BCUT2D eigenvalue weighted by Crippen LogP contribution is -2.34. The van der Waals surface area contributed by atoms with E-state index in [1.807, 2.05) is 118 Å². The first-order valence-electron chi connectivity index (χ1n) is 43.8. The third-order valence-corrected chi connectivity index (χ3v) is 13.8. The zero-order valence-electron chi connectivity index (χ0n) is 81.9. The largest absolute Gasteiger partial charge is 0.396 e. The number of benzene rings is 6. The SMILES string of the molecule is C#CC#CC#CC.C#CC#CC#CC.C#CC#CC#CC#CC.C#CC#CC#CC#CC#CC#CC.C=[N+](CCC)CCNC(=O)C(C)Cc1ccccc1.CC.CC(C)C.CCC.CCC(O)CO.CCCCCCC.CCCCO.CCCOC(c1ccccc1)c1ccccc1.CCc1ccccc1.CCc1ccccc1.COC(C)OC.[HH].[HH].[HH].[HH].[HH].[HH].[HH].[HH].[HH].[HH].[HH].[HH].[HH].[HH].[HH].[HH].[HH].[HH].[HH].[HH].[HH].[HH].[HH].[HH].c1ccccc1. The highest BCUT2D eigenvalue weighted by Crippen LogP contribution is 2.26. The number of ether oxygens (including phenoxy) is 3. The van der Waals surface area contributed by atoms with Crippen LogP contribution in [-0.4, -0.2) is 98.6 Å². The minimum absolute atomic E-state index is 0. The molecule has 2 atom stereocenters. The Labute approximate surface area is 814 Å². The summed E-state index contributed by atoms with van der Waals surface area (Å²) in [6, 6.07) is 63.8. The summed E-state index contributed by atoms with van der Waals surface area (Å²) in [4.78, 5) is 11.9. The number of aliphatic hydroxyl groups excluding tert-OH is 3. The number of unbranched alkanes of at least 4 members (excludes halogenated alkanes) is 5. The summed E-state index contributed by atoms with van der Waals surface area (Å²) >= 11 is 0. The maximum absolute atomic E-state index is 11.9. The normalized spacial score (nSPS) is 8.23. The van der Waals surface area contributed by atoms with Crippen LogP contribution < -0.4 is 5.32 Å². The molecule has 0 saturated heterocycles. The van der Waals surface area contributed by atoms with Crippen molar-refractivity contribution in [1.29, 1.82) is 0 Å². The van der Waals surface area contributed by atoms with Gasteiger partial charge in [-0.25, -0.2) is 4.58 Å². The molecule has 1 amide bonds.